The molecule has 54 heavy (non-hydrogen) atoms. The number of nitrogens with one attached hydrogen (secondary N) is 2. The van der Waals surface area contributed by atoms with Crippen molar-refractivity contribution in [1.82, 2.24) is 9.62 Å². The number of aliphatic hydroxyl groups is 1. The second kappa shape index (κ2) is 16.8. The van der Waals surface area contributed by atoms with Crippen LogP contribution in [0.5, 0.6) is 0 Å². The maximum absolute atomic E-state index is 13.9. The van der Waals surface area contributed by atoms with Crippen LogP contribution in [0.4, 0.5) is 5.69 Å². The second-order valence-electron chi connectivity index (χ2n) is 14.5. The molecule has 0 bridgehead atoms. The lowest BCUT2D eigenvalue weighted by atomic mass is 9.89. The molecule has 1 spiro atoms. The molecule has 3 N–H and O–H groups in total. The highest BCUT2D eigenvalue weighted by Crippen LogP contribution is 2.43. The predicted molar refractivity (Wildman–Crippen MR) is 204 cm³/mol. The normalized spacial score (nSPS) is 23.6. The van der Waals surface area contributed by atoms with Gasteiger partial charge in [0.15, 0.2) is 12.1 Å². The van der Waals surface area contributed by atoms with E-state index in [1.54, 1.807) is 18.2 Å². The van der Waals surface area contributed by atoms with Gasteiger partial charge in [-0.05, 0) is 54.3 Å². The number of rotatable bonds is 12. The van der Waals surface area contributed by atoms with Crippen molar-refractivity contribution in [3.8, 4) is 0 Å². The van der Waals surface area contributed by atoms with E-state index in [2.05, 4.69) is 21.9 Å². The number of nitrogens with zero attached hydrogens (tertiary/aromatic N) is 1. The molecule has 12 heteroatoms. The monoisotopic (exact) mass is 755 g/mol. The number of aliphatic hydroxyl groups excluding tert-OH is 1. The van der Waals surface area contributed by atoms with Crippen LogP contribution < -0.4 is 10.0 Å². The lowest BCUT2D eigenvalue weighted by molar-refractivity contribution is -0.278. The number of piperidine rings is 1. The first-order chi connectivity index (χ1) is 26.1. The number of benzene rings is 4. The average Bonchev–Trinajstić information content (AvgIpc) is 3.64. The number of hydrogen-bond donors (Lipinski definition) is 3. The van der Waals surface area contributed by atoms with Crippen LogP contribution in [-0.2, 0) is 46.8 Å². The Labute approximate surface area is 317 Å². The van der Waals surface area contributed by atoms with Gasteiger partial charge in [-0.1, -0.05) is 91.3 Å². The molecule has 4 aromatic rings. The van der Waals surface area contributed by atoms with Gasteiger partial charge in [0.2, 0.25) is 15.9 Å². The number of aryl methyl sites for hydroxylation is 1. The van der Waals surface area contributed by atoms with Gasteiger partial charge in [-0.3, -0.25) is 4.79 Å². The zero-order valence-electron chi connectivity index (χ0n) is 30.7. The fourth-order valence-electron chi connectivity index (χ4n) is 7.45. The fourth-order valence-corrected chi connectivity index (χ4v) is 8.64. The van der Waals surface area contributed by atoms with E-state index in [1.807, 2.05) is 79.7 Å². The summed E-state index contributed by atoms with van der Waals surface area (Å²) in [5.74, 6) is -0.966. The van der Waals surface area contributed by atoms with Gasteiger partial charge in [0.1, 0.15) is 6.04 Å². The van der Waals surface area contributed by atoms with Gasteiger partial charge >= 0.3 is 0 Å². The molecule has 0 unspecified atom stereocenters. The summed E-state index contributed by atoms with van der Waals surface area (Å²) in [4.78, 5) is 16.4. The molecular formula is C42H49N3O8S. The quantitative estimate of drug-likeness (QED) is 0.168. The van der Waals surface area contributed by atoms with Gasteiger partial charge in [-0.2, -0.15) is 4.72 Å². The Morgan fingerprint density at radius 2 is 1.57 bits per heavy atom. The summed E-state index contributed by atoms with van der Waals surface area (Å²) in [6.45, 7) is 7.60. The Kier molecular flexibility index (Phi) is 11.9. The third-order valence-corrected chi connectivity index (χ3v) is 12.1. The number of likely N-dealkylation sites (tertiary alicyclic amines) is 1. The molecule has 1 amide bonds. The lowest BCUT2D eigenvalue weighted by Gasteiger charge is -2.44. The number of anilines is 1. The van der Waals surface area contributed by atoms with Crippen molar-refractivity contribution in [2.24, 2.45) is 5.92 Å². The molecule has 3 aliphatic rings. The molecule has 4 aromatic carbocycles. The van der Waals surface area contributed by atoms with Crippen LogP contribution in [0.25, 0.3) is 0 Å². The third kappa shape index (κ3) is 9.10. The zero-order chi connectivity index (χ0) is 37.7. The van der Waals surface area contributed by atoms with Crippen LogP contribution in [0, 0.1) is 12.8 Å². The van der Waals surface area contributed by atoms with Crippen molar-refractivity contribution in [3.63, 3.8) is 0 Å². The van der Waals surface area contributed by atoms with Crippen LogP contribution in [0.3, 0.4) is 0 Å². The summed E-state index contributed by atoms with van der Waals surface area (Å²) >= 11 is 0. The van der Waals surface area contributed by atoms with Crippen LogP contribution in [0.15, 0.2) is 108 Å². The van der Waals surface area contributed by atoms with Gasteiger partial charge in [0, 0.05) is 49.6 Å². The molecule has 3 aliphatic heterocycles. The number of carbonyl (C=O) groups excluding carboxylic acids is 1. The summed E-state index contributed by atoms with van der Waals surface area (Å²) in [7, 11) is -4.01. The molecule has 0 aromatic heterocycles. The third-order valence-electron chi connectivity index (χ3n) is 10.6. The highest BCUT2D eigenvalue weighted by Gasteiger charge is 2.43. The second-order valence-corrected chi connectivity index (χ2v) is 16.2. The molecule has 3 heterocycles. The van der Waals surface area contributed by atoms with Gasteiger partial charge in [-0.25, -0.2) is 8.42 Å². The summed E-state index contributed by atoms with van der Waals surface area (Å²) in [5, 5.41) is 12.6. The van der Waals surface area contributed by atoms with E-state index in [0.717, 1.165) is 48.2 Å². The summed E-state index contributed by atoms with van der Waals surface area (Å²) < 4.78 is 54.9. The number of ether oxygens (including phenoxy) is 4. The summed E-state index contributed by atoms with van der Waals surface area (Å²) in [6, 6.07) is 29.8. The van der Waals surface area contributed by atoms with E-state index in [4.69, 9.17) is 18.9 Å². The van der Waals surface area contributed by atoms with E-state index < -0.39 is 34.0 Å². The molecule has 11 nitrogen and oxygen atoms in total. The van der Waals surface area contributed by atoms with Crippen LogP contribution >= 0.6 is 0 Å². The highest BCUT2D eigenvalue weighted by molar-refractivity contribution is 7.89. The molecular weight excluding hydrogens is 707 g/mol. The van der Waals surface area contributed by atoms with E-state index >= 15 is 0 Å². The van der Waals surface area contributed by atoms with Gasteiger partial charge in [-0.15, -0.1) is 0 Å². The van der Waals surface area contributed by atoms with E-state index in [0.29, 0.717) is 31.0 Å². The minimum atomic E-state index is -4.01. The molecule has 0 radical (unpaired) electrons. The highest BCUT2D eigenvalue weighted by atomic mass is 32.2. The van der Waals surface area contributed by atoms with Crippen molar-refractivity contribution in [1.29, 1.82) is 0 Å². The SMILES string of the molecule is Cc1ccc(S(=O)(=O)N[C@H](Cc2ccccc2)C(=O)Nc2cccc([C@H]3O[C@@H](CN4CCC5(CC4)OCCO5)[C@@H](C)[C@@H](c4ccc(CO)cc4)O3)c2)cc1. The minimum Gasteiger partial charge on any atom is -0.392 e. The number of amides is 1. The van der Waals surface area contributed by atoms with Crippen LogP contribution in [0.1, 0.15) is 60.0 Å². The van der Waals surface area contributed by atoms with E-state index in [1.165, 1.54) is 12.1 Å². The number of sulfonamides is 1. The lowest BCUT2D eigenvalue weighted by Crippen LogP contribution is -2.50. The Balaban J connectivity index is 1.10. The molecule has 0 saturated carbocycles. The Morgan fingerprint density at radius 3 is 2.26 bits per heavy atom. The topological polar surface area (TPSA) is 136 Å². The molecule has 286 valence electrons. The molecule has 5 atom stereocenters. The molecule has 3 fully saturated rings. The van der Waals surface area contributed by atoms with Crippen molar-refractivity contribution >= 4 is 21.6 Å². The van der Waals surface area contributed by atoms with Gasteiger partial charge < -0.3 is 34.3 Å². The summed E-state index contributed by atoms with van der Waals surface area (Å²) in [5.41, 5.74) is 4.74. The van der Waals surface area contributed by atoms with E-state index in [-0.39, 0.29) is 36.0 Å². The standard InChI is InChI=1S/C42H49N3O8S/c1-29-11-17-36(18-12-29)54(48,49)44-37(25-31-7-4-3-5-8-31)40(47)43-35-10-6-9-34(26-35)41-52-38(27-45-21-19-42(20-22-45)50-23-24-51-42)30(2)39(53-41)33-15-13-32(28-46)14-16-33/h3-18,26,30,37-39,41,44,46H,19-25,27-28H2,1-2H3,(H,43,47)/t30-,37-,38+,39+,41+/m1/s1. The van der Waals surface area contributed by atoms with Gasteiger partial charge in [0.25, 0.3) is 0 Å². The van der Waals surface area contributed by atoms with Crippen LogP contribution in [0.2, 0.25) is 0 Å². The average molecular weight is 756 g/mol. The molecule has 0 aliphatic carbocycles. The first-order valence-electron chi connectivity index (χ1n) is 18.6. The van der Waals surface area contributed by atoms with Crippen molar-refractivity contribution in [2.75, 3.05) is 38.2 Å². The largest absolute Gasteiger partial charge is 0.392 e. The van der Waals surface area contributed by atoms with Crippen molar-refractivity contribution in [2.45, 2.75) is 74.9 Å². The van der Waals surface area contributed by atoms with Crippen molar-refractivity contribution in [3.05, 3.63) is 131 Å². The van der Waals surface area contributed by atoms with Crippen LogP contribution in [-0.4, -0.2) is 75.1 Å². The number of carbonyl (C=O) groups is 1. The maximum atomic E-state index is 13.9. The Hall–Kier alpha value is -3.98. The zero-order valence-corrected chi connectivity index (χ0v) is 31.5. The Bertz CT molecular complexity index is 1960. The van der Waals surface area contributed by atoms with Crippen molar-refractivity contribution < 1.29 is 37.3 Å². The van der Waals surface area contributed by atoms with E-state index in [9.17, 15) is 18.3 Å². The molecule has 7 rings (SSSR count). The fraction of sp³-hybridized carbons (Fsp3) is 0.405. The Morgan fingerprint density at radius 1 is 0.870 bits per heavy atom. The minimum absolute atomic E-state index is 0.000670. The predicted octanol–water partition coefficient (Wildman–Crippen LogP) is 5.65. The first kappa shape index (κ1) is 38.3. The smallest absolute Gasteiger partial charge is 0.242 e. The maximum Gasteiger partial charge on any atom is 0.242 e. The first-order valence-corrected chi connectivity index (χ1v) is 20.1. The molecule has 3 saturated heterocycles. The number of hydrogen-bond acceptors (Lipinski definition) is 9. The van der Waals surface area contributed by atoms with Gasteiger partial charge in [0.05, 0.1) is 36.9 Å². The summed E-state index contributed by atoms with van der Waals surface area (Å²) in [6.07, 6.45) is 0.517.